The molecular formula is C39H53NO7S. The van der Waals surface area contributed by atoms with Gasteiger partial charge in [0.2, 0.25) is 0 Å². The van der Waals surface area contributed by atoms with Crippen molar-refractivity contribution < 1.29 is 33.2 Å². The molecule has 3 aromatic rings. The first-order chi connectivity index (χ1) is 23.3. The van der Waals surface area contributed by atoms with Gasteiger partial charge in [0.25, 0.3) is 0 Å². The minimum atomic E-state index is -0.557. The van der Waals surface area contributed by atoms with Crippen LogP contribution >= 0.6 is 11.8 Å². The number of amides is 1. The Hall–Kier alpha value is -3.40. The van der Waals surface area contributed by atoms with Crippen LogP contribution in [0.4, 0.5) is 4.79 Å². The van der Waals surface area contributed by atoms with Gasteiger partial charge in [-0.3, -0.25) is 0 Å². The van der Waals surface area contributed by atoms with Crippen LogP contribution in [0.3, 0.4) is 0 Å². The maximum Gasteiger partial charge on any atom is 0.410 e. The quantitative estimate of drug-likeness (QED) is 0.125. The number of rotatable bonds is 18. The molecule has 0 aromatic heterocycles. The number of piperidine rings is 1. The number of carbonyl (C=O) groups is 1. The molecule has 0 saturated carbocycles. The number of benzene rings is 3. The van der Waals surface area contributed by atoms with Gasteiger partial charge in [0.15, 0.2) is 0 Å². The zero-order chi connectivity index (χ0) is 34.2. The van der Waals surface area contributed by atoms with E-state index in [1.165, 1.54) is 5.56 Å². The maximum absolute atomic E-state index is 13.0. The van der Waals surface area contributed by atoms with Crippen molar-refractivity contribution in [1.29, 1.82) is 0 Å². The van der Waals surface area contributed by atoms with Crippen LogP contribution in [0.1, 0.15) is 62.6 Å². The lowest BCUT2D eigenvalue weighted by Gasteiger charge is -2.39. The summed E-state index contributed by atoms with van der Waals surface area (Å²) < 4.78 is 35.6. The van der Waals surface area contributed by atoms with E-state index >= 15 is 0 Å². The average molecular weight is 680 g/mol. The number of likely N-dealkylation sites (tertiary alicyclic amines) is 1. The molecule has 1 heterocycles. The molecule has 1 aliphatic rings. The molecule has 2 atom stereocenters. The fraction of sp³-hybridized carbons (Fsp3) is 0.513. The standard InChI is InChI=1S/C39H53NO7S/c1-39(2,3)47-38(41)40-22-21-34(37(28-40)46-26-25-45-36-16-9-6-12-31(36)14-10-27-48-5)30-17-19-33(20-18-30)44-24-11-23-43-29-32-13-7-8-15-35(32)42-4/h6-9,12-13,15-20,34,37H,10-11,14,21-29H2,1-5H3. The van der Waals surface area contributed by atoms with Crippen LogP contribution in [0.15, 0.2) is 72.8 Å². The summed E-state index contributed by atoms with van der Waals surface area (Å²) in [4.78, 5) is 14.7. The topological polar surface area (TPSA) is 75.7 Å². The van der Waals surface area contributed by atoms with Gasteiger partial charge in [-0.05, 0) is 87.4 Å². The number of thioether (sulfide) groups is 1. The molecule has 0 bridgehead atoms. The normalized spacial score (nSPS) is 16.4. The van der Waals surface area contributed by atoms with Crippen LogP contribution in [-0.2, 0) is 27.2 Å². The van der Waals surface area contributed by atoms with E-state index in [1.54, 1.807) is 12.0 Å². The molecule has 1 aliphatic heterocycles. The van der Waals surface area contributed by atoms with Crippen molar-refractivity contribution in [2.75, 3.05) is 58.6 Å². The molecular weight excluding hydrogens is 626 g/mol. The van der Waals surface area contributed by atoms with Gasteiger partial charge in [-0.1, -0.05) is 48.5 Å². The third-order valence-corrected chi connectivity index (χ3v) is 8.81. The van der Waals surface area contributed by atoms with E-state index in [4.69, 9.17) is 28.4 Å². The summed E-state index contributed by atoms with van der Waals surface area (Å²) in [6.07, 6.45) is 5.29. The Kier molecular flexibility index (Phi) is 15.2. The number of nitrogens with zero attached hydrogens (tertiary/aromatic N) is 1. The first-order valence-corrected chi connectivity index (χ1v) is 18.4. The van der Waals surface area contributed by atoms with Gasteiger partial charge in [-0.2, -0.15) is 11.8 Å². The Morgan fingerprint density at radius 1 is 0.854 bits per heavy atom. The molecule has 0 N–H and O–H groups in total. The molecule has 4 rings (SSSR count). The fourth-order valence-electron chi connectivity index (χ4n) is 5.73. The van der Waals surface area contributed by atoms with E-state index in [0.29, 0.717) is 46.1 Å². The van der Waals surface area contributed by atoms with Crippen molar-refractivity contribution in [3.05, 3.63) is 89.5 Å². The SMILES string of the molecule is COc1ccccc1COCCCOc1ccc(C2CCN(C(=O)OC(C)(C)C)CC2OCCOc2ccccc2CCCSC)cc1. The molecule has 3 aromatic carbocycles. The summed E-state index contributed by atoms with van der Waals surface area (Å²) in [7, 11) is 1.67. The zero-order valence-corrected chi connectivity index (χ0v) is 30.1. The monoisotopic (exact) mass is 679 g/mol. The number of carbonyl (C=O) groups excluding carboxylic acids is 1. The smallest absolute Gasteiger partial charge is 0.410 e. The fourth-order valence-corrected chi connectivity index (χ4v) is 6.17. The zero-order valence-electron chi connectivity index (χ0n) is 29.3. The first kappa shape index (κ1) is 37.4. The predicted molar refractivity (Wildman–Crippen MR) is 193 cm³/mol. The minimum absolute atomic E-state index is 0.125. The highest BCUT2D eigenvalue weighted by Crippen LogP contribution is 2.32. The lowest BCUT2D eigenvalue weighted by atomic mass is 9.87. The highest BCUT2D eigenvalue weighted by molar-refractivity contribution is 7.98. The van der Waals surface area contributed by atoms with Crippen molar-refractivity contribution >= 4 is 17.9 Å². The Bertz CT molecular complexity index is 1380. The minimum Gasteiger partial charge on any atom is -0.496 e. The summed E-state index contributed by atoms with van der Waals surface area (Å²) in [5.41, 5.74) is 2.86. The number of hydrogen-bond donors (Lipinski definition) is 0. The van der Waals surface area contributed by atoms with E-state index in [9.17, 15) is 4.79 Å². The Morgan fingerprint density at radius 3 is 2.31 bits per heavy atom. The molecule has 0 spiro atoms. The third kappa shape index (κ3) is 12.2. The Labute approximate surface area is 291 Å². The second kappa shape index (κ2) is 19.6. The number of aryl methyl sites for hydroxylation is 1. The van der Waals surface area contributed by atoms with Gasteiger partial charge in [0, 0.05) is 24.4 Å². The van der Waals surface area contributed by atoms with E-state index in [-0.39, 0.29) is 18.1 Å². The molecule has 9 heteroatoms. The number of methoxy groups -OCH3 is 1. The lowest BCUT2D eigenvalue weighted by Crippen LogP contribution is -2.48. The molecule has 262 valence electrons. The third-order valence-electron chi connectivity index (χ3n) is 8.11. The molecule has 1 saturated heterocycles. The number of para-hydroxylation sites is 2. The van der Waals surface area contributed by atoms with Gasteiger partial charge in [0.1, 0.15) is 29.5 Å². The second-order valence-electron chi connectivity index (χ2n) is 12.9. The summed E-state index contributed by atoms with van der Waals surface area (Å²) in [5.74, 6) is 3.82. The Morgan fingerprint density at radius 2 is 1.58 bits per heavy atom. The van der Waals surface area contributed by atoms with Crippen LogP contribution in [0.5, 0.6) is 17.2 Å². The van der Waals surface area contributed by atoms with Gasteiger partial charge >= 0.3 is 6.09 Å². The number of hydrogen-bond acceptors (Lipinski definition) is 8. The highest BCUT2D eigenvalue weighted by atomic mass is 32.2. The maximum atomic E-state index is 13.0. The predicted octanol–water partition coefficient (Wildman–Crippen LogP) is 8.17. The summed E-state index contributed by atoms with van der Waals surface area (Å²) in [6.45, 7) is 9.25. The summed E-state index contributed by atoms with van der Waals surface area (Å²) in [5, 5.41) is 0. The van der Waals surface area contributed by atoms with Crippen molar-refractivity contribution in [1.82, 2.24) is 4.90 Å². The molecule has 2 unspecified atom stereocenters. The summed E-state index contributed by atoms with van der Waals surface area (Å²) >= 11 is 1.86. The Balaban J connectivity index is 1.29. The summed E-state index contributed by atoms with van der Waals surface area (Å²) in [6, 6.07) is 24.4. The van der Waals surface area contributed by atoms with Crippen molar-refractivity contribution in [3.8, 4) is 17.2 Å². The van der Waals surface area contributed by atoms with Gasteiger partial charge < -0.3 is 33.3 Å². The van der Waals surface area contributed by atoms with Crippen LogP contribution in [0.25, 0.3) is 0 Å². The number of ether oxygens (including phenoxy) is 6. The van der Waals surface area contributed by atoms with Crippen LogP contribution in [0, 0.1) is 0 Å². The van der Waals surface area contributed by atoms with Crippen LogP contribution in [0.2, 0.25) is 0 Å². The van der Waals surface area contributed by atoms with Crippen molar-refractivity contribution in [2.45, 2.75) is 70.7 Å². The van der Waals surface area contributed by atoms with E-state index in [0.717, 1.165) is 59.8 Å². The largest absolute Gasteiger partial charge is 0.496 e. The molecule has 0 radical (unpaired) electrons. The van der Waals surface area contributed by atoms with E-state index < -0.39 is 5.60 Å². The van der Waals surface area contributed by atoms with Gasteiger partial charge in [-0.15, -0.1) is 0 Å². The van der Waals surface area contributed by atoms with Crippen molar-refractivity contribution in [3.63, 3.8) is 0 Å². The van der Waals surface area contributed by atoms with Crippen molar-refractivity contribution in [2.24, 2.45) is 0 Å². The molecule has 1 amide bonds. The van der Waals surface area contributed by atoms with Gasteiger partial charge in [0.05, 0.1) is 46.2 Å². The van der Waals surface area contributed by atoms with E-state index in [2.05, 4.69) is 30.5 Å². The molecule has 48 heavy (non-hydrogen) atoms. The lowest BCUT2D eigenvalue weighted by molar-refractivity contribution is -0.0358. The van der Waals surface area contributed by atoms with Crippen LogP contribution in [-0.4, -0.2) is 81.3 Å². The van der Waals surface area contributed by atoms with Gasteiger partial charge in [-0.25, -0.2) is 4.79 Å². The van der Waals surface area contributed by atoms with E-state index in [1.807, 2.05) is 81.1 Å². The van der Waals surface area contributed by atoms with Crippen LogP contribution < -0.4 is 14.2 Å². The molecule has 0 aliphatic carbocycles. The average Bonchev–Trinajstić information content (AvgIpc) is 3.08. The highest BCUT2D eigenvalue weighted by Gasteiger charge is 2.35. The molecule has 8 nitrogen and oxygen atoms in total. The second-order valence-corrected chi connectivity index (χ2v) is 13.9. The molecule has 1 fully saturated rings. The first-order valence-electron chi connectivity index (χ1n) is 17.0.